The van der Waals surface area contributed by atoms with Crippen LogP contribution in [-0.2, 0) is 16.1 Å². The Morgan fingerprint density at radius 2 is 2.19 bits per heavy atom. The molecule has 0 radical (unpaired) electrons. The second-order valence-electron chi connectivity index (χ2n) is 5.13. The number of aryl methyl sites for hydroxylation is 1. The Morgan fingerprint density at radius 3 is 2.96 bits per heavy atom. The van der Waals surface area contributed by atoms with Crippen molar-refractivity contribution in [1.82, 2.24) is 24.9 Å². The summed E-state index contributed by atoms with van der Waals surface area (Å²) in [5, 5.41) is 7.21. The van der Waals surface area contributed by atoms with Gasteiger partial charge in [-0.2, -0.15) is 9.61 Å². The van der Waals surface area contributed by atoms with Crippen LogP contribution in [0.15, 0.2) is 29.2 Å². The Morgan fingerprint density at radius 1 is 1.38 bits per heavy atom. The molecule has 3 heterocycles. The van der Waals surface area contributed by atoms with Crippen molar-refractivity contribution >= 4 is 39.8 Å². The van der Waals surface area contributed by atoms with Crippen LogP contribution < -0.4 is 10.9 Å². The third kappa shape index (κ3) is 4.21. The van der Waals surface area contributed by atoms with Crippen molar-refractivity contribution in [3.05, 3.63) is 56.2 Å². The number of carbonyl (C=O) groups excluding carboxylic acids is 2. The lowest BCUT2D eigenvalue weighted by Crippen LogP contribution is -2.31. The molecule has 0 saturated heterocycles. The molecule has 134 valence electrons. The molecule has 3 aromatic rings. The first-order chi connectivity index (χ1) is 12.4. The van der Waals surface area contributed by atoms with Crippen LogP contribution in [0.3, 0.4) is 0 Å². The van der Waals surface area contributed by atoms with Gasteiger partial charge in [0.15, 0.2) is 5.01 Å². The van der Waals surface area contributed by atoms with Gasteiger partial charge in [-0.3, -0.25) is 19.4 Å². The molecule has 3 aromatic heterocycles. The fraction of sp³-hybridized carbons (Fsp3) is 0.200. The third-order valence-corrected chi connectivity index (χ3v) is 4.24. The van der Waals surface area contributed by atoms with E-state index in [1.54, 1.807) is 6.92 Å². The van der Waals surface area contributed by atoms with Crippen molar-refractivity contribution in [2.45, 2.75) is 13.5 Å². The van der Waals surface area contributed by atoms with Crippen LogP contribution in [0.5, 0.6) is 0 Å². The number of aromatic nitrogens is 4. The minimum atomic E-state index is -0.656. The summed E-state index contributed by atoms with van der Waals surface area (Å²) in [5.41, 5.74) is 0.374. The average molecular weight is 394 g/mol. The lowest BCUT2D eigenvalue weighted by atomic mass is 10.3. The first kappa shape index (κ1) is 18.0. The molecule has 0 atom stereocenters. The molecule has 0 aromatic carbocycles. The first-order valence-electron chi connectivity index (χ1n) is 7.34. The number of amides is 1. The van der Waals surface area contributed by atoms with E-state index in [-0.39, 0.29) is 24.4 Å². The quantitative estimate of drug-likeness (QED) is 0.642. The van der Waals surface area contributed by atoms with E-state index in [1.807, 2.05) is 0 Å². The Bertz CT molecular complexity index is 1050. The third-order valence-electron chi connectivity index (χ3n) is 3.12. The van der Waals surface area contributed by atoms with Crippen LogP contribution in [0.4, 0.5) is 0 Å². The van der Waals surface area contributed by atoms with Gasteiger partial charge in [0, 0.05) is 23.0 Å². The zero-order chi connectivity index (χ0) is 18.7. The summed E-state index contributed by atoms with van der Waals surface area (Å²) in [6, 6.07) is 4.28. The highest BCUT2D eigenvalue weighted by Crippen LogP contribution is 2.12. The number of pyridine rings is 1. The highest BCUT2D eigenvalue weighted by Gasteiger charge is 2.13. The molecule has 0 unspecified atom stereocenters. The van der Waals surface area contributed by atoms with Crippen molar-refractivity contribution in [2.24, 2.45) is 0 Å². The highest BCUT2D eigenvalue weighted by atomic mass is 35.5. The lowest BCUT2D eigenvalue weighted by molar-refractivity contribution is -0.143. The van der Waals surface area contributed by atoms with Crippen LogP contribution in [-0.4, -0.2) is 38.0 Å². The van der Waals surface area contributed by atoms with E-state index in [0.717, 1.165) is 15.9 Å². The molecule has 3 rings (SSSR count). The number of ether oxygens (including phenoxy) is 1. The molecule has 9 nitrogen and oxygen atoms in total. The molecule has 1 amide bonds. The first-order valence-corrected chi connectivity index (χ1v) is 8.53. The van der Waals surface area contributed by atoms with E-state index in [9.17, 15) is 14.4 Å². The topological polar surface area (TPSA) is 116 Å². The smallest absolute Gasteiger partial charge is 0.325 e. The summed E-state index contributed by atoms with van der Waals surface area (Å²) >= 11 is 6.92. The van der Waals surface area contributed by atoms with Crippen LogP contribution in [0, 0.1) is 6.92 Å². The number of hydrogen-bond donors (Lipinski definition) is 1. The van der Waals surface area contributed by atoms with Gasteiger partial charge in [-0.25, -0.2) is 4.98 Å². The van der Waals surface area contributed by atoms with Crippen molar-refractivity contribution in [3.8, 4) is 0 Å². The summed E-state index contributed by atoms with van der Waals surface area (Å²) in [6.07, 6.45) is 1.39. The molecule has 0 saturated carbocycles. The van der Waals surface area contributed by atoms with Gasteiger partial charge >= 0.3 is 5.97 Å². The van der Waals surface area contributed by atoms with Gasteiger partial charge in [-0.15, -0.1) is 0 Å². The number of nitrogens with zero attached hydrogens (tertiary/aromatic N) is 4. The maximum absolute atomic E-state index is 11.9. The summed E-state index contributed by atoms with van der Waals surface area (Å²) < 4.78 is 6.19. The van der Waals surface area contributed by atoms with Crippen LogP contribution >= 0.6 is 22.9 Å². The monoisotopic (exact) mass is 393 g/mol. The molecule has 0 fully saturated rings. The molecular formula is C15H12ClN5O4S. The largest absolute Gasteiger partial charge is 0.457 e. The van der Waals surface area contributed by atoms with E-state index in [4.69, 9.17) is 16.3 Å². The molecule has 0 aliphatic carbocycles. The van der Waals surface area contributed by atoms with Crippen molar-refractivity contribution < 1.29 is 14.3 Å². The standard InChI is InChI=1S/C15H12ClN5O4S/c1-8-4-12(22)21-15(19-8)26-11(20-21)7-25-13(23)6-18-14(24)10-5-9(16)2-3-17-10/h2-5H,6-7H2,1H3,(H,18,24). The summed E-state index contributed by atoms with van der Waals surface area (Å²) in [6.45, 7) is 1.24. The second-order valence-corrected chi connectivity index (χ2v) is 6.61. The molecule has 0 aliphatic rings. The van der Waals surface area contributed by atoms with Gasteiger partial charge in [0.1, 0.15) is 18.8 Å². The molecular weight excluding hydrogens is 382 g/mol. The predicted molar refractivity (Wildman–Crippen MR) is 93.2 cm³/mol. The minimum Gasteiger partial charge on any atom is -0.457 e. The van der Waals surface area contributed by atoms with Gasteiger partial charge in [-0.05, 0) is 19.1 Å². The van der Waals surface area contributed by atoms with E-state index in [2.05, 4.69) is 20.4 Å². The van der Waals surface area contributed by atoms with Gasteiger partial charge in [0.05, 0.1) is 0 Å². The fourth-order valence-corrected chi connectivity index (χ4v) is 3.00. The van der Waals surface area contributed by atoms with Gasteiger partial charge in [-0.1, -0.05) is 22.9 Å². The Kier molecular flexibility index (Phi) is 5.24. The summed E-state index contributed by atoms with van der Waals surface area (Å²) in [7, 11) is 0. The number of rotatable bonds is 5. The maximum Gasteiger partial charge on any atom is 0.325 e. The Balaban J connectivity index is 1.55. The average Bonchev–Trinajstić information content (AvgIpc) is 3.01. The Hall–Kier alpha value is -2.85. The van der Waals surface area contributed by atoms with E-state index < -0.39 is 11.9 Å². The Labute approximate surface area is 155 Å². The zero-order valence-electron chi connectivity index (χ0n) is 13.4. The molecule has 1 N–H and O–H groups in total. The molecule has 11 heteroatoms. The van der Waals surface area contributed by atoms with E-state index in [1.165, 1.54) is 24.4 Å². The van der Waals surface area contributed by atoms with Gasteiger partial charge in [0.2, 0.25) is 4.96 Å². The van der Waals surface area contributed by atoms with Crippen LogP contribution in [0.2, 0.25) is 5.02 Å². The fourth-order valence-electron chi connectivity index (χ4n) is 1.98. The second kappa shape index (κ2) is 7.58. The van der Waals surface area contributed by atoms with Crippen LogP contribution in [0.25, 0.3) is 4.96 Å². The minimum absolute atomic E-state index is 0.0947. The molecule has 26 heavy (non-hydrogen) atoms. The number of carbonyl (C=O) groups is 2. The number of halogens is 1. The van der Waals surface area contributed by atoms with Crippen LogP contribution in [0.1, 0.15) is 21.2 Å². The van der Waals surface area contributed by atoms with Crippen molar-refractivity contribution in [2.75, 3.05) is 6.54 Å². The normalized spacial score (nSPS) is 10.7. The number of esters is 1. The maximum atomic E-state index is 11.9. The number of nitrogens with one attached hydrogen (secondary N) is 1. The lowest BCUT2D eigenvalue weighted by Gasteiger charge is -2.05. The zero-order valence-corrected chi connectivity index (χ0v) is 15.0. The molecule has 0 aliphatic heterocycles. The SMILES string of the molecule is Cc1cc(=O)n2nc(COC(=O)CNC(=O)c3cc(Cl)ccn3)sc2n1. The van der Waals surface area contributed by atoms with Crippen molar-refractivity contribution in [3.63, 3.8) is 0 Å². The number of fused-ring (bicyclic) bond motifs is 1. The summed E-state index contributed by atoms with van der Waals surface area (Å²) in [5.74, 6) is -1.20. The van der Waals surface area contributed by atoms with E-state index >= 15 is 0 Å². The predicted octanol–water partition coefficient (Wildman–Crippen LogP) is 0.981. The van der Waals surface area contributed by atoms with Gasteiger partial charge in [0.25, 0.3) is 11.5 Å². The highest BCUT2D eigenvalue weighted by molar-refractivity contribution is 7.16. The number of hydrogen-bond acceptors (Lipinski definition) is 8. The van der Waals surface area contributed by atoms with Crippen molar-refractivity contribution in [1.29, 1.82) is 0 Å². The van der Waals surface area contributed by atoms with E-state index in [0.29, 0.717) is 20.7 Å². The molecule has 0 bridgehead atoms. The van der Waals surface area contributed by atoms with Gasteiger partial charge < -0.3 is 10.1 Å². The molecule has 0 spiro atoms. The summed E-state index contributed by atoms with van der Waals surface area (Å²) in [4.78, 5) is 43.9.